The number of carbonyl (C=O) groups excluding carboxylic acids is 1. The first-order valence-corrected chi connectivity index (χ1v) is 6.18. The lowest BCUT2D eigenvalue weighted by Crippen LogP contribution is -2.15. The molecule has 0 saturated heterocycles. The Bertz CT molecular complexity index is 583. The lowest BCUT2D eigenvalue weighted by molar-refractivity contribution is 0.102. The predicted molar refractivity (Wildman–Crippen MR) is 72.7 cm³/mol. The number of ether oxygens (including phenoxy) is 2. The molecule has 7 heteroatoms. The van der Waals surface area contributed by atoms with Gasteiger partial charge in [-0.1, -0.05) is 18.2 Å². The van der Waals surface area contributed by atoms with Crippen molar-refractivity contribution in [3.63, 3.8) is 0 Å². The first-order chi connectivity index (χ1) is 9.74. The van der Waals surface area contributed by atoms with Gasteiger partial charge in [0.05, 0.1) is 13.2 Å². The second-order valence-electron chi connectivity index (χ2n) is 3.94. The summed E-state index contributed by atoms with van der Waals surface area (Å²) in [6.07, 6.45) is 0. The molecule has 1 heterocycles. The molecule has 2 aromatic rings. The Kier molecular flexibility index (Phi) is 4.67. The smallest absolute Gasteiger partial charge is 0.337 e. The molecular weight excluding hydrogens is 260 g/mol. The molecule has 0 radical (unpaired) electrons. The van der Waals surface area contributed by atoms with Crippen molar-refractivity contribution >= 4 is 11.9 Å². The first-order valence-electron chi connectivity index (χ1n) is 6.18. The number of hydrogen-bond acceptors (Lipinski definition) is 5. The van der Waals surface area contributed by atoms with E-state index in [0.29, 0.717) is 18.8 Å². The molecule has 1 aromatic heterocycles. The lowest BCUT2D eigenvalue weighted by Gasteiger charge is -2.07. The molecule has 2 rings (SSSR count). The van der Waals surface area contributed by atoms with Crippen molar-refractivity contribution in [2.75, 3.05) is 19.0 Å². The second kappa shape index (κ2) is 6.67. The van der Waals surface area contributed by atoms with Gasteiger partial charge in [0.1, 0.15) is 0 Å². The van der Waals surface area contributed by atoms with Crippen molar-refractivity contribution in [2.45, 2.75) is 13.5 Å². The molecule has 2 N–H and O–H groups in total. The fourth-order valence-electron chi connectivity index (χ4n) is 1.69. The van der Waals surface area contributed by atoms with Crippen molar-refractivity contribution in [2.24, 2.45) is 0 Å². The number of methoxy groups -OCH3 is 1. The van der Waals surface area contributed by atoms with Crippen LogP contribution in [0.15, 0.2) is 24.3 Å². The Hall–Kier alpha value is -2.41. The van der Waals surface area contributed by atoms with Crippen LogP contribution in [0.5, 0.6) is 6.01 Å². The SMILES string of the molecule is CCOc1n[nH]c(NC(=O)c2ccccc2COC)n1. The maximum atomic E-state index is 12.2. The molecule has 0 atom stereocenters. The molecule has 1 amide bonds. The highest BCUT2D eigenvalue weighted by Gasteiger charge is 2.13. The Morgan fingerprint density at radius 2 is 2.20 bits per heavy atom. The largest absolute Gasteiger partial charge is 0.463 e. The third-order valence-corrected chi connectivity index (χ3v) is 2.53. The maximum absolute atomic E-state index is 12.2. The van der Waals surface area contributed by atoms with Crippen LogP contribution in [0.2, 0.25) is 0 Å². The zero-order valence-electron chi connectivity index (χ0n) is 11.3. The van der Waals surface area contributed by atoms with Gasteiger partial charge in [-0.25, -0.2) is 5.10 Å². The van der Waals surface area contributed by atoms with Crippen molar-refractivity contribution < 1.29 is 14.3 Å². The van der Waals surface area contributed by atoms with E-state index in [9.17, 15) is 4.79 Å². The molecule has 0 bridgehead atoms. The summed E-state index contributed by atoms with van der Waals surface area (Å²) in [5.41, 5.74) is 1.33. The normalized spacial score (nSPS) is 10.3. The highest BCUT2D eigenvalue weighted by atomic mass is 16.5. The van der Waals surface area contributed by atoms with Gasteiger partial charge < -0.3 is 9.47 Å². The average molecular weight is 276 g/mol. The van der Waals surface area contributed by atoms with Gasteiger partial charge in [0.2, 0.25) is 5.95 Å². The zero-order valence-corrected chi connectivity index (χ0v) is 11.3. The van der Waals surface area contributed by atoms with E-state index in [1.54, 1.807) is 19.2 Å². The van der Waals surface area contributed by atoms with E-state index in [0.717, 1.165) is 5.56 Å². The third-order valence-electron chi connectivity index (χ3n) is 2.53. The van der Waals surface area contributed by atoms with E-state index in [2.05, 4.69) is 20.5 Å². The van der Waals surface area contributed by atoms with E-state index < -0.39 is 0 Å². The van der Waals surface area contributed by atoms with Crippen LogP contribution in [0.25, 0.3) is 0 Å². The summed E-state index contributed by atoms with van der Waals surface area (Å²) in [5.74, 6) is -0.0393. The van der Waals surface area contributed by atoms with Gasteiger partial charge in [0, 0.05) is 12.7 Å². The fourth-order valence-corrected chi connectivity index (χ4v) is 1.69. The van der Waals surface area contributed by atoms with Crippen LogP contribution in [-0.4, -0.2) is 34.8 Å². The van der Waals surface area contributed by atoms with Gasteiger partial charge in [-0.3, -0.25) is 10.1 Å². The Morgan fingerprint density at radius 3 is 2.95 bits per heavy atom. The number of aromatic nitrogens is 3. The van der Waals surface area contributed by atoms with Crippen LogP contribution in [0, 0.1) is 0 Å². The highest BCUT2D eigenvalue weighted by molar-refractivity contribution is 6.04. The van der Waals surface area contributed by atoms with E-state index in [-0.39, 0.29) is 17.9 Å². The van der Waals surface area contributed by atoms with E-state index in [1.807, 2.05) is 19.1 Å². The standard InChI is InChI=1S/C13H16N4O3/c1-3-20-13-15-12(16-17-13)14-11(18)10-7-5-4-6-9(10)8-19-2/h4-7H,3,8H2,1-2H3,(H2,14,15,16,17,18). The van der Waals surface area contributed by atoms with Crippen molar-refractivity contribution in [1.82, 2.24) is 15.2 Å². The number of carbonyl (C=O) groups is 1. The van der Waals surface area contributed by atoms with Crippen molar-refractivity contribution in [1.29, 1.82) is 0 Å². The summed E-state index contributed by atoms with van der Waals surface area (Å²) in [4.78, 5) is 16.2. The van der Waals surface area contributed by atoms with Gasteiger partial charge in [-0.2, -0.15) is 4.98 Å². The molecule has 0 saturated carbocycles. The van der Waals surface area contributed by atoms with Crippen LogP contribution in [-0.2, 0) is 11.3 Å². The molecule has 7 nitrogen and oxygen atoms in total. The molecule has 0 aliphatic carbocycles. The number of H-pyrrole nitrogens is 1. The van der Waals surface area contributed by atoms with Crippen LogP contribution in [0.3, 0.4) is 0 Å². The number of hydrogen-bond donors (Lipinski definition) is 2. The lowest BCUT2D eigenvalue weighted by atomic mass is 10.1. The average Bonchev–Trinajstić information content (AvgIpc) is 2.87. The molecule has 106 valence electrons. The molecule has 20 heavy (non-hydrogen) atoms. The molecular formula is C13H16N4O3. The maximum Gasteiger partial charge on any atom is 0.337 e. The van der Waals surface area contributed by atoms with Gasteiger partial charge in [0.15, 0.2) is 0 Å². The van der Waals surface area contributed by atoms with Crippen LogP contribution < -0.4 is 10.1 Å². The quantitative estimate of drug-likeness (QED) is 0.836. The Balaban J connectivity index is 2.11. The van der Waals surface area contributed by atoms with Gasteiger partial charge in [0.25, 0.3) is 5.91 Å². The summed E-state index contributed by atoms with van der Waals surface area (Å²) in [7, 11) is 1.58. The summed E-state index contributed by atoms with van der Waals surface area (Å²) in [5, 5.41) is 9.04. The Labute approximate surface area is 116 Å². The van der Waals surface area contributed by atoms with Crippen LogP contribution in [0.1, 0.15) is 22.8 Å². The summed E-state index contributed by atoms with van der Waals surface area (Å²) in [6, 6.07) is 7.41. The van der Waals surface area contributed by atoms with Crippen LogP contribution in [0.4, 0.5) is 5.95 Å². The molecule has 0 aliphatic rings. The van der Waals surface area contributed by atoms with Crippen LogP contribution >= 0.6 is 0 Å². The van der Waals surface area contributed by atoms with Gasteiger partial charge in [-0.15, -0.1) is 5.10 Å². The summed E-state index contributed by atoms with van der Waals surface area (Å²) in [6.45, 7) is 2.65. The summed E-state index contributed by atoms with van der Waals surface area (Å²) >= 11 is 0. The first kappa shape index (κ1) is 14.0. The topological polar surface area (TPSA) is 89.1 Å². The minimum atomic E-state index is -0.281. The second-order valence-corrected chi connectivity index (χ2v) is 3.94. The number of benzene rings is 1. The number of amides is 1. The Morgan fingerprint density at radius 1 is 1.40 bits per heavy atom. The number of nitrogens with zero attached hydrogens (tertiary/aromatic N) is 2. The molecule has 1 aromatic carbocycles. The minimum absolute atomic E-state index is 0.202. The number of nitrogens with one attached hydrogen (secondary N) is 2. The van der Waals surface area contributed by atoms with E-state index in [1.165, 1.54) is 0 Å². The van der Waals surface area contributed by atoms with Crippen molar-refractivity contribution in [3.05, 3.63) is 35.4 Å². The van der Waals surface area contributed by atoms with Crippen molar-refractivity contribution in [3.8, 4) is 6.01 Å². The number of rotatable bonds is 6. The molecule has 0 spiro atoms. The minimum Gasteiger partial charge on any atom is -0.463 e. The van der Waals surface area contributed by atoms with Gasteiger partial charge >= 0.3 is 6.01 Å². The van der Waals surface area contributed by atoms with Gasteiger partial charge in [-0.05, 0) is 18.6 Å². The molecule has 0 aliphatic heterocycles. The summed E-state index contributed by atoms with van der Waals surface area (Å²) < 4.78 is 10.2. The monoisotopic (exact) mass is 276 g/mol. The highest BCUT2D eigenvalue weighted by Crippen LogP contribution is 2.13. The van der Waals surface area contributed by atoms with E-state index in [4.69, 9.17) is 9.47 Å². The molecule has 0 fully saturated rings. The van der Waals surface area contributed by atoms with E-state index >= 15 is 0 Å². The number of anilines is 1. The predicted octanol–water partition coefficient (Wildman–Crippen LogP) is 1.60. The third kappa shape index (κ3) is 3.33. The molecule has 0 unspecified atom stereocenters. The fraction of sp³-hybridized carbons (Fsp3) is 0.308. The number of aromatic amines is 1. The zero-order chi connectivity index (χ0) is 14.4.